The molecule has 164 valence electrons. The van der Waals surface area contributed by atoms with Crippen molar-refractivity contribution in [3.8, 4) is 22.3 Å². The third-order valence-corrected chi connectivity index (χ3v) is 8.28. The lowest BCUT2D eigenvalue weighted by molar-refractivity contribution is 0.584. The van der Waals surface area contributed by atoms with E-state index in [4.69, 9.17) is 0 Å². The van der Waals surface area contributed by atoms with Gasteiger partial charge in [0.1, 0.15) is 0 Å². The van der Waals surface area contributed by atoms with Crippen molar-refractivity contribution in [2.24, 2.45) is 0 Å². The molecule has 3 aromatic rings. The van der Waals surface area contributed by atoms with E-state index in [1.807, 2.05) is 0 Å². The Kier molecular flexibility index (Phi) is 7.06. The largest absolute Gasteiger partial charge is 0.272 e. The van der Waals surface area contributed by atoms with Crippen molar-refractivity contribution in [1.29, 1.82) is 0 Å². The summed E-state index contributed by atoms with van der Waals surface area (Å²) in [5.74, 6) is 0. The number of nitrogens with zero attached hydrogens (tertiary/aromatic N) is 2. The molecule has 0 heterocycles. The van der Waals surface area contributed by atoms with Crippen molar-refractivity contribution in [3.05, 3.63) is 75.8 Å². The van der Waals surface area contributed by atoms with Crippen molar-refractivity contribution in [2.75, 3.05) is 28.2 Å². The average Bonchev–Trinajstić information content (AvgIpc) is 2.61. The molecule has 0 saturated carbocycles. The summed E-state index contributed by atoms with van der Waals surface area (Å²) in [5.41, 5.74) is 13.5. The highest BCUT2D eigenvalue weighted by atomic mass is 31.1. The quantitative estimate of drug-likeness (QED) is 0.403. The van der Waals surface area contributed by atoms with Gasteiger partial charge >= 0.3 is 0 Å². The van der Waals surface area contributed by atoms with Gasteiger partial charge in [-0.05, 0) is 114 Å². The van der Waals surface area contributed by atoms with Gasteiger partial charge in [0.2, 0.25) is 0 Å². The number of benzene rings is 3. The van der Waals surface area contributed by atoms with Crippen LogP contribution in [0.15, 0.2) is 42.5 Å². The Morgan fingerprint density at radius 1 is 0.548 bits per heavy atom. The monoisotopic (exact) mass is 432 g/mol. The van der Waals surface area contributed by atoms with Crippen LogP contribution in [0, 0.1) is 41.5 Å². The maximum absolute atomic E-state index is 2.38. The zero-order valence-corrected chi connectivity index (χ0v) is 21.8. The molecule has 3 rings (SSSR count). The molecule has 2 nitrogen and oxygen atoms in total. The molecule has 0 aliphatic rings. The number of aryl methyl sites for hydroxylation is 6. The fourth-order valence-corrected chi connectivity index (χ4v) is 7.45. The summed E-state index contributed by atoms with van der Waals surface area (Å²) in [7, 11) is 8.16. The zero-order chi connectivity index (χ0) is 23.0. The Morgan fingerprint density at radius 3 is 1.16 bits per heavy atom. The first-order chi connectivity index (χ1) is 14.5. The molecule has 3 heteroatoms. The summed E-state index contributed by atoms with van der Waals surface area (Å²) >= 11 is 0. The van der Waals surface area contributed by atoms with E-state index in [1.165, 1.54) is 60.9 Å². The highest BCUT2D eigenvalue weighted by Crippen LogP contribution is 2.47. The van der Waals surface area contributed by atoms with Gasteiger partial charge in [-0.1, -0.05) is 53.6 Å². The molecule has 0 atom stereocenters. The van der Waals surface area contributed by atoms with Gasteiger partial charge < -0.3 is 0 Å². The minimum absolute atomic E-state index is 0.661. The average molecular weight is 433 g/mol. The molecule has 0 radical (unpaired) electrons. The molecule has 3 aromatic carbocycles. The van der Waals surface area contributed by atoms with Gasteiger partial charge in [0.25, 0.3) is 0 Å². The van der Waals surface area contributed by atoms with Crippen molar-refractivity contribution in [3.63, 3.8) is 0 Å². The summed E-state index contributed by atoms with van der Waals surface area (Å²) in [6.07, 6.45) is 0. The van der Waals surface area contributed by atoms with Crippen molar-refractivity contribution < 1.29 is 0 Å². The highest BCUT2D eigenvalue weighted by Gasteiger charge is 2.27. The van der Waals surface area contributed by atoms with Crippen LogP contribution >= 0.6 is 8.22 Å². The number of hydrogen-bond donors (Lipinski definition) is 0. The van der Waals surface area contributed by atoms with E-state index in [1.54, 1.807) is 0 Å². The molecule has 0 aliphatic heterocycles. The SMILES string of the molecule is Cc1cc(C)c(-c2cccc(-c3c(C)cc(C)cc3C)c2P(N(C)C)N(C)C)c(C)c1. The second-order valence-electron chi connectivity index (χ2n) is 9.23. The van der Waals surface area contributed by atoms with E-state index in [9.17, 15) is 0 Å². The van der Waals surface area contributed by atoms with Gasteiger partial charge in [-0.3, -0.25) is 9.34 Å². The smallest absolute Gasteiger partial charge is 0.0726 e. The van der Waals surface area contributed by atoms with Gasteiger partial charge in [0.15, 0.2) is 0 Å². The van der Waals surface area contributed by atoms with E-state index >= 15 is 0 Å². The fourth-order valence-electron chi connectivity index (χ4n) is 5.13. The molecular formula is C28H37N2P. The number of rotatable bonds is 5. The van der Waals surface area contributed by atoms with Gasteiger partial charge in [-0.2, -0.15) is 0 Å². The van der Waals surface area contributed by atoms with Crippen LogP contribution in [-0.4, -0.2) is 37.5 Å². The van der Waals surface area contributed by atoms with Crippen LogP contribution < -0.4 is 5.30 Å². The van der Waals surface area contributed by atoms with E-state index in [2.05, 4.69) is 122 Å². The lowest BCUT2D eigenvalue weighted by atomic mass is 9.89. The van der Waals surface area contributed by atoms with Crippen LogP contribution in [0.2, 0.25) is 0 Å². The fraction of sp³-hybridized carbons (Fsp3) is 0.357. The molecule has 0 bridgehead atoms. The van der Waals surface area contributed by atoms with Gasteiger partial charge in [0.05, 0.1) is 8.22 Å². The Bertz CT molecular complexity index is 982. The van der Waals surface area contributed by atoms with E-state index in [0.29, 0.717) is 0 Å². The molecule has 31 heavy (non-hydrogen) atoms. The molecule has 0 aromatic heterocycles. The summed E-state index contributed by atoms with van der Waals surface area (Å²) in [4.78, 5) is 0. The Hall–Kier alpha value is -1.99. The first-order valence-corrected chi connectivity index (χ1v) is 12.2. The summed E-state index contributed by atoms with van der Waals surface area (Å²) in [5, 5.41) is 1.44. The Labute approximate surface area is 190 Å². The van der Waals surface area contributed by atoms with Crippen LogP contribution in [0.4, 0.5) is 0 Å². The van der Waals surface area contributed by atoms with Gasteiger partial charge in [0, 0.05) is 5.30 Å². The van der Waals surface area contributed by atoms with Crippen molar-refractivity contribution in [2.45, 2.75) is 41.5 Å². The predicted octanol–water partition coefficient (Wildman–Crippen LogP) is 6.93. The molecule has 0 amide bonds. The van der Waals surface area contributed by atoms with Crippen LogP contribution in [0.1, 0.15) is 33.4 Å². The van der Waals surface area contributed by atoms with Gasteiger partial charge in [-0.15, -0.1) is 0 Å². The second-order valence-corrected chi connectivity index (χ2v) is 11.9. The third kappa shape index (κ3) is 4.62. The van der Waals surface area contributed by atoms with Gasteiger partial charge in [-0.25, -0.2) is 0 Å². The van der Waals surface area contributed by atoms with E-state index in [-0.39, 0.29) is 0 Å². The standard InChI is InChI=1S/C28H37N2P/c1-18-14-20(3)26(21(4)15-18)24-12-11-13-25(28(24)31(29(7)8)30(9)10)27-22(5)16-19(2)17-23(27)6/h11-17H,1-10H3. The molecular weight excluding hydrogens is 395 g/mol. The van der Waals surface area contributed by atoms with Crippen LogP contribution in [0.5, 0.6) is 0 Å². The Morgan fingerprint density at radius 2 is 0.871 bits per heavy atom. The molecule has 0 fully saturated rings. The summed E-state index contributed by atoms with van der Waals surface area (Å²) < 4.78 is 4.77. The molecule has 0 saturated heterocycles. The molecule has 0 unspecified atom stereocenters. The highest BCUT2D eigenvalue weighted by molar-refractivity contribution is 7.61. The summed E-state index contributed by atoms with van der Waals surface area (Å²) in [6, 6.07) is 16.1. The molecule has 0 N–H and O–H groups in total. The lowest BCUT2D eigenvalue weighted by Gasteiger charge is -2.34. The number of hydrogen-bond acceptors (Lipinski definition) is 2. The zero-order valence-electron chi connectivity index (χ0n) is 20.9. The van der Waals surface area contributed by atoms with Crippen LogP contribution in [0.3, 0.4) is 0 Å². The summed E-state index contributed by atoms with van der Waals surface area (Å²) in [6.45, 7) is 13.4. The Balaban J connectivity index is 2.47. The maximum Gasteiger partial charge on any atom is 0.0726 e. The first kappa shape index (κ1) is 23.7. The second kappa shape index (κ2) is 9.25. The lowest BCUT2D eigenvalue weighted by Crippen LogP contribution is -2.27. The van der Waals surface area contributed by atoms with E-state index in [0.717, 1.165) is 0 Å². The first-order valence-electron chi connectivity index (χ1n) is 11.0. The topological polar surface area (TPSA) is 6.48 Å². The minimum atomic E-state index is -0.661. The molecule has 0 aliphatic carbocycles. The minimum Gasteiger partial charge on any atom is -0.272 e. The molecule has 0 spiro atoms. The normalized spacial score (nSPS) is 11.8. The van der Waals surface area contributed by atoms with Crippen molar-refractivity contribution in [1.82, 2.24) is 9.34 Å². The third-order valence-electron chi connectivity index (χ3n) is 5.89. The van der Waals surface area contributed by atoms with Crippen LogP contribution in [0.25, 0.3) is 22.3 Å². The maximum atomic E-state index is 2.38. The van der Waals surface area contributed by atoms with Crippen LogP contribution in [-0.2, 0) is 0 Å². The predicted molar refractivity (Wildman–Crippen MR) is 140 cm³/mol. The van der Waals surface area contributed by atoms with E-state index < -0.39 is 8.22 Å². The van der Waals surface area contributed by atoms with Crippen molar-refractivity contribution >= 4 is 13.5 Å².